The summed E-state index contributed by atoms with van der Waals surface area (Å²) in [5.41, 5.74) is 3.54. The molecule has 2 N–H and O–H groups in total. The van der Waals surface area contributed by atoms with E-state index in [0.29, 0.717) is 37.6 Å². The molecule has 2 atom stereocenters. The molecule has 0 spiro atoms. The Morgan fingerprint density at radius 1 is 0.489 bits per heavy atom. The second-order valence-corrected chi connectivity index (χ2v) is 10.6. The predicted molar refractivity (Wildman–Crippen MR) is 171 cm³/mol. The van der Waals surface area contributed by atoms with Crippen LogP contribution in [0, 0.1) is 0 Å². The topological polar surface area (TPSA) is 83.1 Å². The van der Waals surface area contributed by atoms with E-state index in [9.17, 15) is 9.59 Å². The number of amides is 2. The molecule has 45 heavy (non-hydrogen) atoms. The van der Waals surface area contributed by atoms with Crippen LogP contribution in [0.25, 0.3) is 0 Å². The van der Waals surface area contributed by atoms with Crippen LogP contribution in [0.15, 0.2) is 121 Å². The van der Waals surface area contributed by atoms with E-state index in [1.165, 1.54) is 0 Å². The van der Waals surface area contributed by atoms with Crippen LogP contribution in [0.5, 0.6) is 0 Å². The molecule has 9 heteroatoms. The van der Waals surface area contributed by atoms with Gasteiger partial charge in [0, 0.05) is 54.1 Å². The van der Waals surface area contributed by atoms with Gasteiger partial charge in [0.1, 0.15) is 12.3 Å². The Labute approximate surface area is 275 Å². The molecular formula is C36H40CoN4O4. The first-order valence-corrected chi connectivity index (χ1v) is 15.1. The summed E-state index contributed by atoms with van der Waals surface area (Å²) in [4.78, 5) is 29.5. The number of rotatable bonds is 8. The average molecular weight is 652 g/mol. The largest absolute Gasteiger partial charge is 0.379 e. The fourth-order valence-electron chi connectivity index (χ4n) is 5.31. The van der Waals surface area contributed by atoms with Crippen molar-refractivity contribution in [2.24, 2.45) is 0 Å². The number of hydrogen-bond donors (Lipinski definition) is 2. The number of carbonyl (C=O) groups excluding carboxylic acids is 2. The number of benzene rings is 4. The van der Waals surface area contributed by atoms with E-state index >= 15 is 0 Å². The molecule has 8 nitrogen and oxygen atoms in total. The molecule has 2 heterocycles. The van der Waals surface area contributed by atoms with E-state index in [1.54, 1.807) is 0 Å². The van der Waals surface area contributed by atoms with Gasteiger partial charge >= 0.3 is 0 Å². The zero-order valence-electron chi connectivity index (χ0n) is 25.2. The monoisotopic (exact) mass is 651 g/mol. The number of nitrogens with zero attached hydrogens (tertiary/aromatic N) is 2. The zero-order valence-corrected chi connectivity index (χ0v) is 26.3. The molecule has 0 aliphatic carbocycles. The van der Waals surface area contributed by atoms with Crippen LogP contribution < -0.4 is 10.6 Å². The van der Waals surface area contributed by atoms with Gasteiger partial charge in [-0.3, -0.25) is 19.4 Å². The summed E-state index contributed by atoms with van der Waals surface area (Å²) in [6.45, 7) is 6.05. The summed E-state index contributed by atoms with van der Waals surface area (Å²) in [7, 11) is 0. The molecule has 2 fully saturated rings. The van der Waals surface area contributed by atoms with Crippen LogP contribution in [0.3, 0.4) is 0 Å². The van der Waals surface area contributed by atoms with Crippen LogP contribution in [0.2, 0.25) is 0 Å². The summed E-state index contributed by atoms with van der Waals surface area (Å²) in [5, 5.41) is 6.30. The maximum atomic E-state index is 12.5. The third-order valence-electron chi connectivity index (χ3n) is 7.66. The molecule has 2 saturated heterocycles. The van der Waals surface area contributed by atoms with Gasteiger partial charge in [-0.05, 0) is 35.4 Å². The van der Waals surface area contributed by atoms with E-state index in [-0.39, 0.29) is 40.9 Å². The minimum Gasteiger partial charge on any atom is -0.379 e. The summed E-state index contributed by atoms with van der Waals surface area (Å²) in [6.07, 6.45) is -0.254. The number of ether oxygens (including phenoxy) is 2. The Kier molecular flexibility index (Phi) is 13.8. The van der Waals surface area contributed by atoms with Crippen molar-refractivity contribution in [1.82, 2.24) is 20.4 Å². The van der Waals surface area contributed by atoms with Crippen molar-refractivity contribution in [3.05, 3.63) is 144 Å². The van der Waals surface area contributed by atoms with Crippen molar-refractivity contribution in [3.63, 3.8) is 0 Å². The van der Waals surface area contributed by atoms with Crippen molar-refractivity contribution < 1.29 is 35.8 Å². The van der Waals surface area contributed by atoms with Gasteiger partial charge in [-0.2, -0.15) is 0 Å². The fraction of sp³-hybridized carbons (Fsp3) is 0.278. The van der Waals surface area contributed by atoms with Crippen LogP contribution in [0.1, 0.15) is 44.2 Å². The molecule has 0 aromatic heterocycles. The van der Waals surface area contributed by atoms with Gasteiger partial charge < -0.3 is 20.1 Å². The van der Waals surface area contributed by atoms with Crippen molar-refractivity contribution in [2.75, 3.05) is 52.6 Å². The maximum Gasteiger partial charge on any atom is 0.252 e. The summed E-state index contributed by atoms with van der Waals surface area (Å²) < 4.78 is 10.8. The Morgan fingerprint density at radius 3 is 1.09 bits per heavy atom. The molecule has 4 aromatic carbocycles. The molecule has 6 rings (SSSR count). The smallest absolute Gasteiger partial charge is 0.252 e. The van der Waals surface area contributed by atoms with Gasteiger partial charge in [-0.15, -0.1) is 0 Å². The Bertz CT molecular complexity index is 1310. The van der Waals surface area contributed by atoms with Gasteiger partial charge in [0.2, 0.25) is 0 Å². The number of hydrogen-bond acceptors (Lipinski definition) is 6. The minimum atomic E-state index is -0.127. The van der Waals surface area contributed by atoms with Crippen LogP contribution in [0.4, 0.5) is 0 Å². The Morgan fingerprint density at radius 2 is 0.778 bits per heavy atom. The molecule has 2 aliphatic rings. The van der Waals surface area contributed by atoms with Crippen LogP contribution >= 0.6 is 0 Å². The van der Waals surface area contributed by atoms with Gasteiger partial charge in [0.05, 0.1) is 26.4 Å². The second-order valence-electron chi connectivity index (χ2n) is 10.6. The van der Waals surface area contributed by atoms with Gasteiger partial charge in [-0.1, -0.05) is 97.1 Å². The van der Waals surface area contributed by atoms with Gasteiger partial charge in [-0.25, -0.2) is 0 Å². The molecular weight excluding hydrogens is 611 g/mol. The Hall–Kier alpha value is -3.83. The first-order valence-electron chi connectivity index (χ1n) is 15.1. The molecule has 0 saturated carbocycles. The number of carbonyl (C=O) groups is 2. The van der Waals surface area contributed by atoms with Gasteiger partial charge in [0.25, 0.3) is 11.8 Å². The van der Waals surface area contributed by atoms with E-state index in [2.05, 4.69) is 20.4 Å². The van der Waals surface area contributed by atoms with Crippen molar-refractivity contribution in [3.8, 4) is 0 Å². The van der Waals surface area contributed by atoms with E-state index < -0.39 is 0 Å². The molecule has 2 unspecified atom stereocenters. The molecule has 237 valence electrons. The molecule has 4 aromatic rings. The number of nitrogens with one attached hydrogen (secondary N) is 2. The first kappa shape index (κ1) is 34.0. The van der Waals surface area contributed by atoms with E-state index in [1.807, 2.05) is 121 Å². The summed E-state index contributed by atoms with van der Waals surface area (Å²) in [6, 6.07) is 38.8. The first-order chi connectivity index (χ1) is 21.7. The van der Waals surface area contributed by atoms with Crippen molar-refractivity contribution in [2.45, 2.75) is 12.3 Å². The predicted octanol–water partition coefficient (Wildman–Crippen LogP) is 4.89. The standard InChI is InChI=1S/2C18H20N2O2.Co/c2*21-18(16-9-5-2-6-10-16)19-17(15-7-3-1-4-8-15)20-11-13-22-14-12-20;/h2*1-10,17H,11-14H2,(H,19,21);. The second kappa shape index (κ2) is 18.2. The van der Waals surface area contributed by atoms with Crippen molar-refractivity contribution in [1.29, 1.82) is 0 Å². The normalized spacial score (nSPS) is 16.5. The number of morpholine rings is 2. The average Bonchev–Trinajstić information content (AvgIpc) is 3.12. The van der Waals surface area contributed by atoms with E-state index in [0.717, 1.165) is 37.3 Å². The third-order valence-corrected chi connectivity index (χ3v) is 7.66. The fourth-order valence-corrected chi connectivity index (χ4v) is 5.31. The van der Waals surface area contributed by atoms with Crippen LogP contribution in [-0.4, -0.2) is 74.2 Å². The Balaban J connectivity index is 0.000000200. The molecule has 2 aliphatic heterocycles. The zero-order chi connectivity index (χ0) is 30.4. The van der Waals surface area contributed by atoms with E-state index in [4.69, 9.17) is 9.47 Å². The van der Waals surface area contributed by atoms with Crippen LogP contribution in [-0.2, 0) is 26.3 Å². The quantitative estimate of drug-likeness (QED) is 0.283. The minimum absolute atomic E-state index is 0. The molecule has 2 amide bonds. The molecule has 0 bridgehead atoms. The van der Waals surface area contributed by atoms with Gasteiger partial charge in [0.15, 0.2) is 0 Å². The summed E-state index contributed by atoms with van der Waals surface area (Å²) in [5.74, 6) is -0.109. The third kappa shape index (κ3) is 10.1. The SMILES string of the molecule is O=C(NC(c1ccccc1)N1CCOCC1)c1ccccc1.O=C(NC(c1ccccc1)N1CCOCC1)c1ccccc1.[Co]. The summed E-state index contributed by atoms with van der Waals surface area (Å²) >= 11 is 0. The molecule has 1 radical (unpaired) electrons. The maximum absolute atomic E-state index is 12.5. The van der Waals surface area contributed by atoms with Crippen molar-refractivity contribution >= 4 is 11.8 Å².